The van der Waals surface area contributed by atoms with Gasteiger partial charge in [0.25, 0.3) is 15.7 Å². The van der Waals surface area contributed by atoms with Gasteiger partial charge < -0.3 is 9.47 Å². The van der Waals surface area contributed by atoms with E-state index in [4.69, 9.17) is 0 Å². The predicted octanol–water partition coefficient (Wildman–Crippen LogP) is 1.75. The Morgan fingerprint density at radius 3 is 2.18 bits per heavy atom. The Balaban J connectivity index is 2.59. The molecule has 0 heterocycles. The Morgan fingerprint density at radius 2 is 1.64 bits per heavy atom. The molecule has 0 radical (unpaired) electrons. The normalized spacial score (nSPS) is 10.8. The van der Waals surface area contributed by atoms with Crippen LogP contribution in [0, 0.1) is 10.1 Å². The highest BCUT2D eigenvalue weighted by Crippen LogP contribution is 2.30. The number of methoxy groups -OCH3 is 2. The third-order valence-electron chi connectivity index (χ3n) is 3.71. The summed E-state index contributed by atoms with van der Waals surface area (Å²) in [6, 6.07) is 9.94. The van der Waals surface area contributed by atoms with Crippen LogP contribution < -0.4 is 4.31 Å². The molecule has 0 atom stereocenters. The first-order chi connectivity index (χ1) is 13.2. The molecule has 0 aliphatic rings. The van der Waals surface area contributed by atoms with Gasteiger partial charge in [-0.2, -0.15) is 0 Å². The summed E-state index contributed by atoms with van der Waals surface area (Å²) in [5.74, 6) is -1.51. The molecular formula is C17H16N2O8S. The summed E-state index contributed by atoms with van der Waals surface area (Å²) in [5.41, 5.74) is -0.466. The van der Waals surface area contributed by atoms with Gasteiger partial charge in [-0.3, -0.25) is 19.2 Å². The van der Waals surface area contributed by atoms with Crippen molar-refractivity contribution in [2.75, 3.05) is 25.1 Å². The molecule has 2 rings (SSSR count). The summed E-state index contributed by atoms with van der Waals surface area (Å²) in [4.78, 5) is 33.2. The average molecular weight is 408 g/mol. The van der Waals surface area contributed by atoms with E-state index in [0.29, 0.717) is 4.31 Å². The number of sulfonamides is 1. The van der Waals surface area contributed by atoms with Crippen molar-refractivity contribution < 1.29 is 32.4 Å². The lowest BCUT2D eigenvalue weighted by atomic mass is 10.2. The van der Waals surface area contributed by atoms with Gasteiger partial charge in [0.2, 0.25) is 0 Å². The molecule has 0 aromatic heterocycles. The smallest absolute Gasteiger partial charge is 0.337 e. The Bertz CT molecular complexity index is 1000. The molecule has 0 aliphatic carbocycles. The molecule has 0 aliphatic heterocycles. The lowest BCUT2D eigenvalue weighted by Gasteiger charge is -2.23. The van der Waals surface area contributed by atoms with E-state index in [-0.39, 0.29) is 11.3 Å². The lowest BCUT2D eigenvalue weighted by molar-refractivity contribution is -0.387. The number of esters is 2. The van der Waals surface area contributed by atoms with Crippen molar-refractivity contribution in [2.45, 2.75) is 4.90 Å². The Hall–Kier alpha value is -3.47. The monoisotopic (exact) mass is 408 g/mol. The van der Waals surface area contributed by atoms with E-state index in [1.165, 1.54) is 43.5 Å². The topological polar surface area (TPSA) is 133 Å². The van der Waals surface area contributed by atoms with Crippen LogP contribution in [0.5, 0.6) is 0 Å². The maximum Gasteiger partial charge on any atom is 0.337 e. The first kappa shape index (κ1) is 20.8. The van der Waals surface area contributed by atoms with E-state index in [1.807, 2.05) is 0 Å². The first-order valence-electron chi connectivity index (χ1n) is 7.73. The maximum absolute atomic E-state index is 13.1. The fraction of sp³-hybridized carbons (Fsp3) is 0.176. The molecule has 0 saturated heterocycles. The molecule has 0 amide bonds. The number of nitro benzene ring substituents is 1. The van der Waals surface area contributed by atoms with E-state index in [9.17, 15) is 28.1 Å². The van der Waals surface area contributed by atoms with Gasteiger partial charge in [-0.05, 0) is 30.3 Å². The van der Waals surface area contributed by atoms with Crippen LogP contribution in [0.4, 0.5) is 11.4 Å². The molecule has 0 bridgehead atoms. The van der Waals surface area contributed by atoms with Crippen LogP contribution in [0.25, 0.3) is 0 Å². The van der Waals surface area contributed by atoms with Crippen LogP contribution in [-0.2, 0) is 24.3 Å². The fourth-order valence-corrected chi connectivity index (χ4v) is 3.89. The van der Waals surface area contributed by atoms with Crippen LogP contribution in [0.3, 0.4) is 0 Å². The number of hydrogen-bond acceptors (Lipinski definition) is 8. The molecule has 10 nitrogen and oxygen atoms in total. The number of anilines is 1. The fourth-order valence-electron chi connectivity index (χ4n) is 2.32. The minimum atomic E-state index is -4.50. The molecule has 2 aromatic rings. The molecular weight excluding hydrogens is 392 g/mol. The van der Waals surface area contributed by atoms with Crippen molar-refractivity contribution >= 4 is 33.3 Å². The molecule has 0 saturated carbocycles. The summed E-state index contributed by atoms with van der Waals surface area (Å²) in [6.07, 6.45) is 0. The van der Waals surface area contributed by atoms with E-state index in [1.54, 1.807) is 0 Å². The minimum Gasteiger partial charge on any atom is -0.468 e. The number of nitro groups is 1. The Kier molecular flexibility index (Phi) is 6.31. The van der Waals surface area contributed by atoms with Crippen LogP contribution in [-0.4, -0.2) is 46.0 Å². The summed E-state index contributed by atoms with van der Waals surface area (Å²) in [5, 5.41) is 11.2. The first-order valence-corrected chi connectivity index (χ1v) is 9.17. The van der Waals surface area contributed by atoms with E-state index >= 15 is 0 Å². The van der Waals surface area contributed by atoms with Crippen molar-refractivity contribution in [3.63, 3.8) is 0 Å². The third kappa shape index (κ3) is 4.26. The van der Waals surface area contributed by atoms with Crippen LogP contribution in [0.15, 0.2) is 53.4 Å². The maximum atomic E-state index is 13.1. The lowest BCUT2D eigenvalue weighted by Crippen LogP contribution is -2.36. The van der Waals surface area contributed by atoms with Gasteiger partial charge in [-0.1, -0.05) is 12.1 Å². The number of para-hydroxylation sites is 1. The highest BCUT2D eigenvalue weighted by Gasteiger charge is 2.33. The van der Waals surface area contributed by atoms with Crippen molar-refractivity contribution in [3.8, 4) is 0 Å². The zero-order chi connectivity index (χ0) is 20.9. The number of nitrogens with zero attached hydrogens (tertiary/aromatic N) is 2. The number of carbonyl (C=O) groups excluding carboxylic acids is 2. The molecule has 2 aromatic carbocycles. The zero-order valence-corrected chi connectivity index (χ0v) is 15.7. The van der Waals surface area contributed by atoms with Gasteiger partial charge in [0.15, 0.2) is 4.90 Å². The molecule has 28 heavy (non-hydrogen) atoms. The summed E-state index contributed by atoms with van der Waals surface area (Å²) in [7, 11) is -2.22. The molecule has 0 spiro atoms. The SMILES string of the molecule is COC(=O)CN(c1ccc(C(=O)OC)cc1)S(=O)(=O)c1ccccc1[N+](=O)[O-]. The van der Waals surface area contributed by atoms with Crippen molar-refractivity contribution in [2.24, 2.45) is 0 Å². The second-order valence-corrected chi connectivity index (χ2v) is 7.18. The van der Waals surface area contributed by atoms with Gasteiger partial charge in [-0.15, -0.1) is 0 Å². The number of rotatable bonds is 7. The highest BCUT2D eigenvalue weighted by atomic mass is 32.2. The molecule has 0 fully saturated rings. The Morgan fingerprint density at radius 1 is 1.04 bits per heavy atom. The van der Waals surface area contributed by atoms with Gasteiger partial charge in [0.05, 0.1) is 30.4 Å². The van der Waals surface area contributed by atoms with Crippen LogP contribution >= 0.6 is 0 Å². The summed E-state index contributed by atoms with van der Waals surface area (Å²) in [6.45, 7) is -0.720. The van der Waals surface area contributed by atoms with Crippen molar-refractivity contribution in [3.05, 3.63) is 64.2 Å². The highest BCUT2D eigenvalue weighted by molar-refractivity contribution is 7.93. The van der Waals surface area contributed by atoms with Gasteiger partial charge in [-0.25, -0.2) is 13.2 Å². The minimum absolute atomic E-state index is 0.0104. The second kappa shape index (κ2) is 8.48. The van der Waals surface area contributed by atoms with Crippen molar-refractivity contribution in [1.29, 1.82) is 0 Å². The average Bonchev–Trinajstić information content (AvgIpc) is 2.71. The molecule has 0 N–H and O–H groups in total. The summed E-state index contributed by atoms with van der Waals surface area (Å²) < 4.78 is 36.0. The van der Waals surface area contributed by atoms with Gasteiger partial charge in [0.1, 0.15) is 6.54 Å². The molecule has 11 heteroatoms. The Labute approximate surface area is 160 Å². The van der Waals surface area contributed by atoms with Gasteiger partial charge in [0, 0.05) is 6.07 Å². The second-order valence-electron chi connectivity index (χ2n) is 5.35. The van der Waals surface area contributed by atoms with Crippen LogP contribution in [0.2, 0.25) is 0 Å². The number of benzene rings is 2. The van der Waals surface area contributed by atoms with E-state index < -0.39 is 44.0 Å². The third-order valence-corrected chi connectivity index (χ3v) is 5.53. The zero-order valence-electron chi connectivity index (χ0n) is 14.9. The van der Waals surface area contributed by atoms with E-state index in [0.717, 1.165) is 19.2 Å². The number of ether oxygens (including phenoxy) is 2. The largest absolute Gasteiger partial charge is 0.468 e. The van der Waals surface area contributed by atoms with Crippen molar-refractivity contribution in [1.82, 2.24) is 0 Å². The quantitative estimate of drug-likeness (QED) is 0.384. The molecule has 0 unspecified atom stereocenters. The molecule has 148 valence electrons. The predicted molar refractivity (Wildman–Crippen MR) is 97.4 cm³/mol. The van der Waals surface area contributed by atoms with E-state index in [2.05, 4.69) is 9.47 Å². The number of carbonyl (C=O) groups is 2. The standard InChI is InChI=1S/C17H16N2O8S/c1-26-16(20)11-18(13-9-7-12(8-10-13)17(21)27-2)28(24,25)15-6-4-3-5-14(15)19(22)23/h3-10H,11H2,1-2H3. The van der Waals surface area contributed by atoms with Gasteiger partial charge >= 0.3 is 11.9 Å². The summed E-state index contributed by atoms with van der Waals surface area (Å²) >= 11 is 0. The number of hydrogen-bond donors (Lipinski definition) is 0. The van der Waals surface area contributed by atoms with Crippen LogP contribution in [0.1, 0.15) is 10.4 Å².